The summed E-state index contributed by atoms with van der Waals surface area (Å²) in [7, 11) is 0. The summed E-state index contributed by atoms with van der Waals surface area (Å²) in [6, 6.07) is 19.0. The number of carbonyl (C=O) groups is 1. The largest absolute Gasteiger partial charge is 0.341 e. The minimum atomic E-state index is 0.00190. The molecule has 3 aromatic rings. The standard InChI is InChI=1S/C22H23N5O/c28-19(17-10-4-1-5-11-17)16-20-24-21(23-18-12-6-2-7-13-18)26-22(25-20)27-14-8-3-9-15-27/h1-2,4-7,10-13H,3,8-9,14-16H2,(H,23,24,25,26). The smallest absolute Gasteiger partial charge is 0.232 e. The molecular weight excluding hydrogens is 350 g/mol. The Balaban J connectivity index is 1.62. The Morgan fingerprint density at radius 1 is 0.857 bits per heavy atom. The Morgan fingerprint density at radius 2 is 1.54 bits per heavy atom. The summed E-state index contributed by atoms with van der Waals surface area (Å²) in [6.45, 7) is 1.86. The topological polar surface area (TPSA) is 71.0 Å². The van der Waals surface area contributed by atoms with Crippen LogP contribution in [0.5, 0.6) is 0 Å². The van der Waals surface area contributed by atoms with Crippen LogP contribution in [0.2, 0.25) is 0 Å². The Bertz CT molecular complexity index is 924. The van der Waals surface area contributed by atoms with Crippen molar-refractivity contribution in [1.82, 2.24) is 15.0 Å². The molecule has 142 valence electrons. The number of piperidine rings is 1. The summed E-state index contributed by atoms with van der Waals surface area (Å²) >= 11 is 0. The number of Topliss-reactive ketones (excluding diaryl/α,β-unsaturated/α-hetero) is 1. The fourth-order valence-corrected chi connectivity index (χ4v) is 3.30. The number of benzene rings is 2. The summed E-state index contributed by atoms with van der Waals surface area (Å²) in [5.41, 5.74) is 1.57. The van der Waals surface area contributed by atoms with Gasteiger partial charge in [0.2, 0.25) is 11.9 Å². The molecule has 28 heavy (non-hydrogen) atoms. The number of carbonyl (C=O) groups excluding carboxylic acids is 1. The van der Waals surface area contributed by atoms with Gasteiger partial charge in [-0.15, -0.1) is 0 Å². The van der Waals surface area contributed by atoms with Gasteiger partial charge in [-0.1, -0.05) is 48.5 Å². The minimum Gasteiger partial charge on any atom is -0.341 e. The molecule has 0 unspecified atom stereocenters. The van der Waals surface area contributed by atoms with E-state index in [4.69, 9.17) is 0 Å². The molecule has 0 spiro atoms. The predicted molar refractivity (Wildman–Crippen MR) is 110 cm³/mol. The van der Waals surface area contributed by atoms with E-state index in [1.165, 1.54) is 6.42 Å². The van der Waals surface area contributed by atoms with E-state index < -0.39 is 0 Å². The lowest BCUT2D eigenvalue weighted by Crippen LogP contribution is -2.31. The van der Waals surface area contributed by atoms with Gasteiger partial charge < -0.3 is 10.2 Å². The SMILES string of the molecule is O=C(Cc1nc(Nc2ccccc2)nc(N2CCCCC2)n1)c1ccccc1. The number of ketones is 1. The zero-order valence-electron chi connectivity index (χ0n) is 15.7. The third kappa shape index (κ3) is 4.52. The predicted octanol–water partition coefficient (Wildman–Crippen LogP) is 4.03. The van der Waals surface area contributed by atoms with Gasteiger partial charge in [0.25, 0.3) is 0 Å². The Labute approximate surface area is 164 Å². The van der Waals surface area contributed by atoms with Gasteiger partial charge in [-0.25, -0.2) is 0 Å². The fourth-order valence-electron chi connectivity index (χ4n) is 3.30. The van der Waals surface area contributed by atoms with Crippen molar-refractivity contribution in [1.29, 1.82) is 0 Å². The average molecular weight is 373 g/mol. The van der Waals surface area contributed by atoms with Crippen molar-refractivity contribution in [2.24, 2.45) is 0 Å². The second-order valence-electron chi connectivity index (χ2n) is 6.88. The first-order valence-corrected chi connectivity index (χ1v) is 9.68. The zero-order valence-corrected chi connectivity index (χ0v) is 15.7. The Morgan fingerprint density at radius 3 is 2.25 bits per heavy atom. The first kappa shape index (κ1) is 18.1. The summed E-state index contributed by atoms with van der Waals surface area (Å²) in [6.07, 6.45) is 3.64. The van der Waals surface area contributed by atoms with Crippen LogP contribution in [0.1, 0.15) is 35.4 Å². The van der Waals surface area contributed by atoms with E-state index in [9.17, 15) is 4.79 Å². The van der Waals surface area contributed by atoms with Gasteiger partial charge in [0.05, 0.1) is 6.42 Å². The van der Waals surface area contributed by atoms with Gasteiger partial charge in [-0.2, -0.15) is 15.0 Å². The number of para-hydroxylation sites is 1. The van der Waals surface area contributed by atoms with E-state index in [1.54, 1.807) is 0 Å². The molecule has 1 aromatic heterocycles. The summed E-state index contributed by atoms with van der Waals surface area (Å²) in [5.74, 6) is 1.60. The van der Waals surface area contributed by atoms with Crippen molar-refractivity contribution in [3.63, 3.8) is 0 Å². The van der Waals surface area contributed by atoms with Crippen LogP contribution < -0.4 is 10.2 Å². The van der Waals surface area contributed by atoms with E-state index in [1.807, 2.05) is 60.7 Å². The monoisotopic (exact) mass is 373 g/mol. The van der Waals surface area contributed by atoms with Crippen LogP contribution in [0.3, 0.4) is 0 Å². The second-order valence-corrected chi connectivity index (χ2v) is 6.88. The van der Waals surface area contributed by atoms with Gasteiger partial charge in [0.1, 0.15) is 5.82 Å². The molecule has 0 saturated carbocycles. The molecule has 1 fully saturated rings. The fraction of sp³-hybridized carbons (Fsp3) is 0.273. The average Bonchev–Trinajstić information content (AvgIpc) is 2.75. The Hall–Kier alpha value is -3.28. The highest BCUT2D eigenvalue weighted by molar-refractivity contribution is 5.97. The normalized spacial score (nSPS) is 13.9. The number of nitrogens with one attached hydrogen (secondary N) is 1. The maximum atomic E-state index is 12.6. The first-order chi connectivity index (χ1) is 13.8. The number of rotatable bonds is 6. The van der Waals surface area contributed by atoms with Crippen molar-refractivity contribution < 1.29 is 4.79 Å². The third-order valence-corrected chi connectivity index (χ3v) is 4.75. The Kier molecular flexibility index (Phi) is 5.56. The van der Waals surface area contributed by atoms with Crippen molar-refractivity contribution in [2.45, 2.75) is 25.7 Å². The maximum absolute atomic E-state index is 12.6. The molecule has 0 aliphatic carbocycles. The molecule has 1 N–H and O–H groups in total. The van der Waals surface area contributed by atoms with Crippen LogP contribution in [0.4, 0.5) is 17.6 Å². The highest BCUT2D eigenvalue weighted by Gasteiger charge is 2.18. The van der Waals surface area contributed by atoms with Gasteiger partial charge >= 0.3 is 0 Å². The molecule has 1 aliphatic rings. The van der Waals surface area contributed by atoms with Crippen molar-refractivity contribution in [3.8, 4) is 0 Å². The number of aromatic nitrogens is 3. The molecule has 2 aromatic carbocycles. The summed E-state index contributed by atoms with van der Waals surface area (Å²) in [4.78, 5) is 28.5. The lowest BCUT2D eigenvalue weighted by molar-refractivity contribution is 0.0991. The van der Waals surface area contributed by atoms with E-state index in [2.05, 4.69) is 25.2 Å². The molecule has 2 heterocycles. The molecule has 6 nitrogen and oxygen atoms in total. The molecule has 0 radical (unpaired) electrons. The maximum Gasteiger partial charge on any atom is 0.232 e. The van der Waals surface area contributed by atoms with Crippen molar-refractivity contribution in [3.05, 3.63) is 72.1 Å². The van der Waals surface area contributed by atoms with Crippen LogP contribution in [0.15, 0.2) is 60.7 Å². The highest BCUT2D eigenvalue weighted by Crippen LogP contribution is 2.20. The van der Waals surface area contributed by atoms with Crippen LogP contribution in [-0.2, 0) is 6.42 Å². The van der Waals surface area contributed by atoms with Crippen LogP contribution >= 0.6 is 0 Å². The van der Waals surface area contributed by atoms with E-state index in [0.29, 0.717) is 23.3 Å². The summed E-state index contributed by atoms with van der Waals surface area (Å²) in [5, 5.41) is 3.24. The van der Waals surface area contributed by atoms with E-state index >= 15 is 0 Å². The van der Waals surface area contributed by atoms with E-state index in [-0.39, 0.29) is 12.2 Å². The molecule has 0 amide bonds. The van der Waals surface area contributed by atoms with Crippen molar-refractivity contribution in [2.75, 3.05) is 23.3 Å². The molecule has 6 heteroatoms. The third-order valence-electron chi connectivity index (χ3n) is 4.75. The minimum absolute atomic E-state index is 0.00190. The number of hydrogen-bond acceptors (Lipinski definition) is 6. The number of anilines is 3. The summed E-state index contributed by atoms with van der Waals surface area (Å²) < 4.78 is 0. The number of hydrogen-bond donors (Lipinski definition) is 1. The van der Waals surface area contributed by atoms with Gasteiger partial charge in [0, 0.05) is 24.3 Å². The molecule has 1 aliphatic heterocycles. The molecular formula is C22H23N5O. The van der Waals surface area contributed by atoms with Gasteiger partial charge in [0.15, 0.2) is 5.78 Å². The molecule has 1 saturated heterocycles. The van der Waals surface area contributed by atoms with Gasteiger partial charge in [-0.05, 0) is 31.4 Å². The van der Waals surface area contributed by atoms with Crippen molar-refractivity contribution >= 4 is 23.4 Å². The van der Waals surface area contributed by atoms with Crippen LogP contribution in [0, 0.1) is 0 Å². The van der Waals surface area contributed by atoms with Crippen LogP contribution in [0.25, 0.3) is 0 Å². The van der Waals surface area contributed by atoms with Crippen LogP contribution in [-0.4, -0.2) is 33.8 Å². The molecule has 0 atom stereocenters. The highest BCUT2D eigenvalue weighted by atomic mass is 16.1. The number of nitrogens with zero attached hydrogens (tertiary/aromatic N) is 4. The molecule has 0 bridgehead atoms. The quantitative estimate of drug-likeness (QED) is 0.658. The first-order valence-electron chi connectivity index (χ1n) is 9.68. The second kappa shape index (κ2) is 8.61. The lowest BCUT2D eigenvalue weighted by Gasteiger charge is -2.27. The zero-order chi connectivity index (χ0) is 19.2. The lowest BCUT2D eigenvalue weighted by atomic mass is 10.1. The van der Waals surface area contributed by atoms with Gasteiger partial charge in [-0.3, -0.25) is 4.79 Å². The molecule has 4 rings (SSSR count). The van der Waals surface area contributed by atoms with E-state index in [0.717, 1.165) is 31.6 Å².